The topological polar surface area (TPSA) is 45.2 Å². The van der Waals surface area contributed by atoms with Gasteiger partial charge in [-0.1, -0.05) is 0 Å². The first-order chi connectivity index (χ1) is 9.60. The molecular formula is C14H19N3OS2. The molecule has 2 rings (SSSR count). The number of aromatic nitrogens is 1. The Kier molecular flexibility index (Phi) is 5.28. The van der Waals surface area contributed by atoms with Gasteiger partial charge in [0.15, 0.2) is 5.13 Å². The Hall–Kier alpha value is -1.24. The van der Waals surface area contributed by atoms with E-state index in [-0.39, 0.29) is 5.91 Å². The van der Waals surface area contributed by atoms with Gasteiger partial charge in [0.25, 0.3) is 0 Å². The van der Waals surface area contributed by atoms with Gasteiger partial charge in [-0.2, -0.15) is 0 Å². The third kappa shape index (κ3) is 3.88. The van der Waals surface area contributed by atoms with Crippen LogP contribution in [-0.4, -0.2) is 17.4 Å². The smallest absolute Gasteiger partial charge is 0.225 e. The molecule has 0 aliphatic rings. The second-order valence-electron chi connectivity index (χ2n) is 4.50. The lowest BCUT2D eigenvalue weighted by Crippen LogP contribution is -2.27. The zero-order valence-corrected chi connectivity index (χ0v) is 13.6. The summed E-state index contributed by atoms with van der Waals surface area (Å²) in [7, 11) is 0. The molecule has 6 heteroatoms. The molecule has 0 aromatic carbocycles. The van der Waals surface area contributed by atoms with Crippen molar-refractivity contribution in [2.75, 3.05) is 11.4 Å². The number of aryl methyl sites for hydroxylation is 1. The van der Waals surface area contributed by atoms with E-state index in [1.165, 1.54) is 21.1 Å². The van der Waals surface area contributed by atoms with Crippen LogP contribution in [0.3, 0.4) is 0 Å². The van der Waals surface area contributed by atoms with Crippen LogP contribution in [0.5, 0.6) is 0 Å². The van der Waals surface area contributed by atoms with Crippen molar-refractivity contribution in [2.24, 2.45) is 0 Å². The Morgan fingerprint density at radius 3 is 2.80 bits per heavy atom. The highest BCUT2D eigenvalue weighted by Crippen LogP contribution is 2.20. The number of nitrogens with one attached hydrogen (secondary N) is 1. The van der Waals surface area contributed by atoms with Gasteiger partial charge >= 0.3 is 0 Å². The van der Waals surface area contributed by atoms with Crippen molar-refractivity contribution >= 4 is 33.7 Å². The van der Waals surface area contributed by atoms with Gasteiger partial charge in [-0.25, -0.2) is 4.98 Å². The molecule has 108 valence electrons. The highest BCUT2D eigenvalue weighted by Gasteiger charge is 2.13. The number of anilines is 1. The van der Waals surface area contributed by atoms with E-state index in [0.29, 0.717) is 6.54 Å². The summed E-state index contributed by atoms with van der Waals surface area (Å²) in [6.07, 6.45) is 0. The van der Waals surface area contributed by atoms with Gasteiger partial charge in [-0.15, -0.1) is 22.7 Å². The summed E-state index contributed by atoms with van der Waals surface area (Å²) in [5, 5.41) is 6.17. The molecule has 0 fully saturated rings. The maximum absolute atomic E-state index is 11.5. The molecule has 0 atom stereocenters. The van der Waals surface area contributed by atoms with Crippen molar-refractivity contribution in [2.45, 2.75) is 33.9 Å². The van der Waals surface area contributed by atoms with Crippen LogP contribution >= 0.6 is 22.7 Å². The fourth-order valence-corrected chi connectivity index (χ4v) is 3.68. The summed E-state index contributed by atoms with van der Waals surface area (Å²) in [5.74, 6) is 0.0374. The Balaban J connectivity index is 1.88. The standard InChI is InChI=1S/C14H19N3OS2/c1-4-17(11(3)18)14-16-12(9-19-14)7-15-8-13-6-5-10(2)20-13/h5-6,9,15H,4,7-8H2,1-3H3. The molecule has 0 saturated carbocycles. The average molecular weight is 309 g/mol. The molecule has 0 aliphatic heterocycles. The van der Waals surface area contributed by atoms with E-state index in [0.717, 1.165) is 23.9 Å². The molecule has 2 aromatic rings. The highest BCUT2D eigenvalue weighted by molar-refractivity contribution is 7.14. The third-order valence-corrected chi connectivity index (χ3v) is 4.78. The van der Waals surface area contributed by atoms with Crippen molar-refractivity contribution in [3.05, 3.63) is 33.0 Å². The molecule has 0 spiro atoms. The summed E-state index contributed by atoms with van der Waals surface area (Å²) in [5.41, 5.74) is 0.984. The zero-order chi connectivity index (χ0) is 14.5. The van der Waals surface area contributed by atoms with Crippen LogP contribution in [0.4, 0.5) is 5.13 Å². The summed E-state index contributed by atoms with van der Waals surface area (Å²) >= 11 is 3.32. The maximum Gasteiger partial charge on any atom is 0.225 e. The lowest BCUT2D eigenvalue weighted by molar-refractivity contribution is -0.116. The van der Waals surface area contributed by atoms with Crippen LogP contribution in [-0.2, 0) is 17.9 Å². The van der Waals surface area contributed by atoms with E-state index < -0.39 is 0 Å². The molecule has 20 heavy (non-hydrogen) atoms. The van der Waals surface area contributed by atoms with Crippen LogP contribution < -0.4 is 10.2 Å². The number of rotatable bonds is 6. The van der Waals surface area contributed by atoms with Gasteiger partial charge in [-0.3, -0.25) is 9.69 Å². The third-order valence-electron chi connectivity index (χ3n) is 2.87. The normalized spacial score (nSPS) is 10.8. The minimum atomic E-state index is 0.0374. The van der Waals surface area contributed by atoms with Crippen LogP contribution in [0.25, 0.3) is 0 Å². The predicted octanol–water partition coefficient (Wildman–Crippen LogP) is 3.18. The van der Waals surface area contributed by atoms with Gasteiger partial charge in [0.05, 0.1) is 5.69 Å². The number of carbonyl (C=O) groups excluding carboxylic acids is 1. The molecule has 0 bridgehead atoms. The average Bonchev–Trinajstić information content (AvgIpc) is 3.00. The largest absolute Gasteiger partial charge is 0.306 e. The summed E-state index contributed by atoms with van der Waals surface area (Å²) in [4.78, 5) is 20.3. The zero-order valence-electron chi connectivity index (χ0n) is 12.0. The minimum absolute atomic E-state index is 0.0374. The second-order valence-corrected chi connectivity index (χ2v) is 6.71. The number of carbonyl (C=O) groups is 1. The van der Waals surface area contributed by atoms with Gasteiger partial charge in [-0.05, 0) is 26.0 Å². The molecule has 2 heterocycles. The number of nitrogens with zero attached hydrogens (tertiary/aromatic N) is 2. The molecule has 1 amide bonds. The Morgan fingerprint density at radius 1 is 1.40 bits per heavy atom. The van der Waals surface area contributed by atoms with Crippen molar-refractivity contribution in [3.63, 3.8) is 0 Å². The van der Waals surface area contributed by atoms with E-state index in [1.54, 1.807) is 11.8 Å². The van der Waals surface area contributed by atoms with Crippen molar-refractivity contribution in [1.82, 2.24) is 10.3 Å². The second kappa shape index (κ2) is 6.97. The lowest BCUT2D eigenvalue weighted by Gasteiger charge is -2.14. The monoisotopic (exact) mass is 309 g/mol. The molecule has 0 unspecified atom stereocenters. The highest BCUT2D eigenvalue weighted by atomic mass is 32.1. The number of amides is 1. The van der Waals surface area contributed by atoms with Crippen LogP contribution in [0.15, 0.2) is 17.5 Å². The van der Waals surface area contributed by atoms with Crippen LogP contribution in [0.1, 0.15) is 29.3 Å². The fourth-order valence-electron chi connectivity index (χ4n) is 1.89. The van der Waals surface area contributed by atoms with E-state index >= 15 is 0 Å². The fraction of sp³-hybridized carbons (Fsp3) is 0.429. The number of thiophene rings is 1. The number of thiazole rings is 1. The molecule has 0 aliphatic carbocycles. The Labute approximate surface area is 127 Å². The first-order valence-corrected chi connectivity index (χ1v) is 8.28. The van der Waals surface area contributed by atoms with Gasteiger partial charge in [0.2, 0.25) is 5.91 Å². The summed E-state index contributed by atoms with van der Waals surface area (Å²) < 4.78 is 0. The van der Waals surface area contributed by atoms with E-state index in [9.17, 15) is 4.79 Å². The first kappa shape index (κ1) is 15.2. The molecule has 0 saturated heterocycles. The van der Waals surface area contributed by atoms with Gasteiger partial charge < -0.3 is 5.32 Å². The first-order valence-electron chi connectivity index (χ1n) is 6.58. The lowest BCUT2D eigenvalue weighted by atomic mass is 10.4. The van der Waals surface area contributed by atoms with Crippen molar-refractivity contribution < 1.29 is 4.79 Å². The molecule has 1 N–H and O–H groups in total. The quantitative estimate of drug-likeness (QED) is 0.891. The van der Waals surface area contributed by atoms with E-state index in [1.807, 2.05) is 23.6 Å². The predicted molar refractivity (Wildman–Crippen MR) is 85.4 cm³/mol. The number of hydrogen-bond acceptors (Lipinski definition) is 5. The summed E-state index contributed by atoms with van der Waals surface area (Å²) in [6.45, 7) is 7.88. The maximum atomic E-state index is 11.5. The SMILES string of the molecule is CCN(C(C)=O)c1nc(CNCc2ccc(C)s2)cs1. The van der Waals surface area contributed by atoms with Crippen LogP contribution in [0, 0.1) is 6.92 Å². The number of hydrogen-bond donors (Lipinski definition) is 1. The van der Waals surface area contributed by atoms with Crippen molar-refractivity contribution in [3.8, 4) is 0 Å². The molecule has 0 radical (unpaired) electrons. The molecular weight excluding hydrogens is 290 g/mol. The Bertz CT molecular complexity index is 576. The van der Waals surface area contributed by atoms with Gasteiger partial charge in [0, 0.05) is 41.7 Å². The molecule has 2 aromatic heterocycles. The van der Waals surface area contributed by atoms with E-state index in [2.05, 4.69) is 29.4 Å². The Morgan fingerprint density at radius 2 is 2.20 bits per heavy atom. The van der Waals surface area contributed by atoms with Crippen LogP contribution in [0.2, 0.25) is 0 Å². The minimum Gasteiger partial charge on any atom is -0.306 e. The molecule has 4 nitrogen and oxygen atoms in total. The van der Waals surface area contributed by atoms with Crippen molar-refractivity contribution in [1.29, 1.82) is 0 Å². The van der Waals surface area contributed by atoms with E-state index in [4.69, 9.17) is 0 Å². The van der Waals surface area contributed by atoms with Gasteiger partial charge in [0.1, 0.15) is 0 Å². The summed E-state index contributed by atoms with van der Waals surface area (Å²) in [6, 6.07) is 4.28.